The van der Waals surface area contributed by atoms with Gasteiger partial charge in [0.1, 0.15) is 5.15 Å². The number of thioether (sulfide) groups is 1. The first kappa shape index (κ1) is 11.2. The average Bonchev–Trinajstić information content (AvgIpc) is 2.67. The van der Waals surface area contributed by atoms with Crippen LogP contribution in [0.2, 0.25) is 5.15 Å². The fourth-order valence-electron chi connectivity index (χ4n) is 1.20. The molecule has 0 aliphatic heterocycles. The first-order valence-corrected chi connectivity index (χ1v) is 6.00. The second kappa shape index (κ2) is 4.71. The van der Waals surface area contributed by atoms with Crippen molar-refractivity contribution in [2.24, 2.45) is 0 Å². The molecule has 2 heterocycles. The standard InChI is InChI=1S/C9H9ClN4OS/c1-2-16-6-4-11-14(5-6)9-7(15)3-8(10)12-13-9/h3-5H,2H2,1H3,(H,12,15). The third-order valence-electron chi connectivity index (χ3n) is 1.83. The maximum atomic E-state index is 11.6. The predicted octanol–water partition coefficient (Wildman–Crippen LogP) is 1.72. The van der Waals surface area contributed by atoms with Gasteiger partial charge in [0.25, 0.3) is 0 Å². The Morgan fingerprint density at radius 3 is 3.12 bits per heavy atom. The molecule has 5 nitrogen and oxygen atoms in total. The molecule has 2 aromatic heterocycles. The summed E-state index contributed by atoms with van der Waals surface area (Å²) in [6.45, 7) is 2.05. The number of halogens is 1. The van der Waals surface area contributed by atoms with E-state index in [-0.39, 0.29) is 16.4 Å². The Bertz CT molecular complexity index is 550. The summed E-state index contributed by atoms with van der Waals surface area (Å²) < 4.78 is 1.44. The molecule has 2 rings (SSSR count). The monoisotopic (exact) mass is 256 g/mol. The van der Waals surface area contributed by atoms with Gasteiger partial charge in [-0.15, -0.1) is 11.8 Å². The highest BCUT2D eigenvalue weighted by Gasteiger charge is 2.06. The molecule has 0 fully saturated rings. The third kappa shape index (κ3) is 2.28. The fraction of sp³-hybridized carbons (Fsp3) is 0.222. The molecule has 84 valence electrons. The van der Waals surface area contributed by atoms with Gasteiger partial charge in [-0.25, -0.2) is 4.68 Å². The van der Waals surface area contributed by atoms with Crippen LogP contribution in [-0.2, 0) is 0 Å². The molecular formula is C9H9ClN4OS. The summed E-state index contributed by atoms with van der Waals surface area (Å²) in [7, 11) is 0. The molecule has 0 amide bonds. The summed E-state index contributed by atoms with van der Waals surface area (Å²) in [6, 6.07) is 1.28. The van der Waals surface area contributed by atoms with Gasteiger partial charge in [0.05, 0.1) is 6.20 Å². The van der Waals surface area contributed by atoms with Gasteiger partial charge in [-0.05, 0) is 5.75 Å². The maximum Gasteiger partial charge on any atom is 0.227 e. The second-order valence-corrected chi connectivity index (χ2v) is 4.70. The summed E-state index contributed by atoms with van der Waals surface area (Å²) in [5, 5.41) is 10.6. The van der Waals surface area contributed by atoms with Crippen LogP contribution in [0.25, 0.3) is 5.82 Å². The van der Waals surface area contributed by atoms with Crippen LogP contribution < -0.4 is 5.43 Å². The van der Waals surface area contributed by atoms with Crippen LogP contribution in [0.15, 0.2) is 28.2 Å². The van der Waals surface area contributed by atoms with Crippen molar-refractivity contribution in [3.05, 3.63) is 33.8 Å². The molecule has 1 N–H and O–H groups in total. The number of rotatable bonds is 3. The summed E-state index contributed by atoms with van der Waals surface area (Å²) >= 11 is 7.26. The summed E-state index contributed by atoms with van der Waals surface area (Å²) in [4.78, 5) is 12.6. The van der Waals surface area contributed by atoms with E-state index >= 15 is 0 Å². The van der Waals surface area contributed by atoms with E-state index in [9.17, 15) is 4.79 Å². The van der Waals surface area contributed by atoms with Crippen molar-refractivity contribution in [2.75, 3.05) is 5.75 Å². The van der Waals surface area contributed by atoms with E-state index in [4.69, 9.17) is 11.6 Å². The summed E-state index contributed by atoms with van der Waals surface area (Å²) in [5.74, 6) is 1.17. The minimum absolute atomic E-state index is 0.212. The van der Waals surface area contributed by atoms with Crippen LogP contribution in [0.3, 0.4) is 0 Å². The van der Waals surface area contributed by atoms with Gasteiger partial charge in [0, 0.05) is 17.2 Å². The number of aromatic nitrogens is 4. The van der Waals surface area contributed by atoms with E-state index in [0.29, 0.717) is 0 Å². The van der Waals surface area contributed by atoms with E-state index < -0.39 is 0 Å². The van der Waals surface area contributed by atoms with Gasteiger partial charge in [-0.2, -0.15) is 10.2 Å². The second-order valence-electron chi connectivity index (χ2n) is 2.96. The number of hydrogen-bond donors (Lipinski definition) is 1. The van der Waals surface area contributed by atoms with Crippen molar-refractivity contribution in [1.29, 1.82) is 0 Å². The van der Waals surface area contributed by atoms with E-state index in [1.165, 1.54) is 10.7 Å². The molecule has 16 heavy (non-hydrogen) atoms. The molecule has 0 saturated carbocycles. The number of nitrogens with zero attached hydrogens (tertiary/aromatic N) is 3. The molecule has 0 aliphatic rings. The van der Waals surface area contributed by atoms with Crippen LogP contribution in [-0.4, -0.2) is 25.7 Å². The minimum atomic E-state index is -0.264. The normalized spacial score (nSPS) is 10.6. The Balaban J connectivity index is 2.39. The number of H-pyrrole nitrogens is 1. The van der Waals surface area contributed by atoms with Crippen LogP contribution >= 0.6 is 23.4 Å². The molecule has 2 aromatic rings. The zero-order valence-electron chi connectivity index (χ0n) is 8.48. The summed E-state index contributed by atoms with van der Waals surface area (Å²) in [6.07, 6.45) is 3.46. The number of nitrogens with one attached hydrogen (secondary N) is 1. The highest BCUT2D eigenvalue weighted by Crippen LogP contribution is 2.16. The molecule has 0 bridgehead atoms. The zero-order valence-corrected chi connectivity index (χ0v) is 10.0. The van der Waals surface area contributed by atoms with Crippen molar-refractivity contribution in [3.8, 4) is 5.82 Å². The van der Waals surface area contributed by atoms with Gasteiger partial charge in [0.15, 0.2) is 0 Å². The van der Waals surface area contributed by atoms with Crippen LogP contribution in [0.4, 0.5) is 0 Å². The summed E-state index contributed by atoms with van der Waals surface area (Å²) in [5.41, 5.74) is -0.264. The SMILES string of the molecule is CCSc1cnn(-c2n[nH]c(Cl)cc2=O)c1. The Morgan fingerprint density at radius 1 is 1.62 bits per heavy atom. The van der Waals surface area contributed by atoms with Gasteiger partial charge in [-0.1, -0.05) is 18.5 Å². The molecule has 7 heteroatoms. The molecule has 0 saturated heterocycles. The molecule has 0 atom stereocenters. The quantitative estimate of drug-likeness (QED) is 0.850. The highest BCUT2D eigenvalue weighted by molar-refractivity contribution is 7.99. The first-order valence-electron chi connectivity index (χ1n) is 4.63. The number of aromatic amines is 1. The van der Waals surface area contributed by atoms with Crippen molar-refractivity contribution in [3.63, 3.8) is 0 Å². The third-order valence-corrected chi connectivity index (χ3v) is 2.86. The van der Waals surface area contributed by atoms with Crippen LogP contribution in [0.1, 0.15) is 6.92 Å². The highest BCUT2D eigenvalue weighted by atomic mass is 35.5. The van der Waals surface area contributed by atoms with E-state index in [1.807, 2.05) is 0 Å². The number of hydrogen-bond acceptors (Lipinski definition) is 4. The van der Waals surface area contributed by atoms with Crippen molar-refractivity contribution < 1.29 is 0 Å². The predicted molar refractivity (Wildman–Crippen MR) is 63.4 cm³/mol. The van der Waals surface area contributed by atoms with Gasteiger partial charge in [0.2, 0.25) is 11.2 Å². The minimum Gasteiger partial charge on any atom is -0.286 e. The lowest BCUT2D eigenvalue weighted by Gasteiger charge is -1.97. The fourth-order valence-corrected chi connectivity index (χ4v) is 1.97. The Kier molecular flexibility index (Phi) is 3.31. The molecule has 0 aromatic carbocycles. The van der Waals surface area contributed by atoms with E-state index in [0.717, 1.165) is 10.6 Å². The van der Waals surface area contributed by atoms with Crippen molar-refractivity contribution >= 4 is 23.4 Å². The molecule has 0 radical (unpaired) electrons. The average molecular weight is 257 g/mol. The molecule has 0 spiro atoms. The Morgan fingerprint density at radius 2 is 2.44 bits per heavy atom. The largest absolute Gasteiger partial charge is 0.286 e. The van der Waals surface area contributed by atoms with Gasteiger partial charge in [-0.3, -0.25) is 9.89 Å². The molecule has 0 unspecified atom stereocenters. The Hall–Kier alpha value is -1.27. The topological polar surface area (TPSA) is 63.6 Å². The molecular weight excluding hydrogens is 248 g/mol. The van der Waals surface area contributed by atoms with Crippen LogP contribution in [0.5, 0.6) is 0 Å². The lowest BCUT2D eigenvalue weighted by atomic mass is 10.5. The van der Waals surface area contributed by atoms with E-state index in [1.54, 1.807) is 24.2 Å². The maximum absolute atomic E-state index is 11.6. The molecule has 0 aliphatic carbocycles. The van der Waals surface area contributed by atoms with Crippen LogP contribution in [0, 0.1) is 0 Å². The van der Waals surface area contributed by atoms with Gasteiger partial charge >= 0.3 is 0 Å². The van der Waals surface area contributed by atoms with E-state index in [2.05, 4.69) is 22.2 Å². The lowest BCUT2D eigenvalue weighted by molar-refractivity contribution is 0.804. The smallest absolute Gasteiger partial charge is 0.227 e. The first-order chi connectivity index (χ1) is 7.70. The van der Waals surface area contributed by atoms with Crippen molar-refractivity contribution in [1.82, 2.24) is 20.0 Å². The zero-order chi connectivity index (χ0) is 11.5. The van der Waals surface area contributed by atoms with Gasteiger partial charge < -0.3 is 0 Å². The van der Waals surface area contributed by atoms with Crippen molar-refractivity contribution in [2.45, 2.75) is 11.8 Å². The lowest BCUT2D eigenvalue weighted by Crippen LogP contribution is -2.14. The Labute approximate surface area is 101 Å².